The van der Waals surface area contributed by atoms with Crippen LogP contribution in [0.3, 0.4) is 0 Å². The number of nitrogens with one attached hydrogen (secondary N) is 1. The lowest BCUT2D eigenvalue weighted by atomic mass is 10.0. The van der Waals surface area contributed by atoms with Crippen LogP contribution in [0.4, 0.5) is 0 Å². The van der Waals surface area contributed by atoms with Gasteiger partial charge >= 0.3 is 0 Å². The van der Waals surface area contributed by atoms with Crippen LogP contribution >= 0.6 is 12.4 Å². The Morgan fingerprint density at radius 2 is 2.05 bits per heavy atom. The standard InChI is InChI=1S/C16H25N3O.ClH/c1-12(17)16(20)18-13(2)15-8-9-19(11-15)10-14-6-4-3-5-7-14;/h3-7,12-13,15H,8-11,17H2,1-2H3,(H,18,20);1H. The molecule has 1 amide bonds. The van der Waals surface area contributed by atoms with Gasteiger partial charge in [0, 0.05) is 19.1 Å². The lowest BCUT2D eigenvalue weighted by Gasteiger charge is -2.22. The number of carbonyl (C=O) groups is 1. The summed E-state index contributed by atoms with van der Waals surface area (Å²) in [5.74, 6) is 0.459. The molecular weight excluding hydrogens is 286 g/mol. The SMILES string of the molecule is CC(N)C(=O)NC(C)C1CCN(Cc2ccccc2)C1.Cl. The van der Waals surface area contributed by atoms with Crippen molar-refractivity contribution in [2.45, 2.75) is 38.9 Å². The van der Waals surface area contributed by atoms with Crippen molar-refractivity contribution < 1.29 is 4.79 Å². The maximum atomic E-state index is 11.6. The predicted octanol–water partition coefficient (Wildman–Crippen LogP) is 1.78. The zero-order valence-corrected chi connectivity index (χ0v) is 13.6. The fourth-order valence-corrected chi connectivity index (χ4v) is 2.73. The van der Waals surface area contributed by atoms with Gasteiger partial charge in [-0.05, 0) is 38.3 Å². The van der Waals surface area contributed by atoms with Crippen LogP contribution in [0.2, 0.25) is 0 Å². The average Bonchev–Trinajstić information content (AvgIpc) is 2.88. The number of hydrogen-bond donors (Lipinski definition) is 2. The first-order valence-electron chi connectivity index (χ1n) is 7.38. The second kappa shape index (κ2) is 8.37. The zero-order valence-electron chi connectivity index (χ0n) is 12.8. The van der Waals surface area contributed by atoms with Gasteiger partial charge in [0.2, 0.25) is 5.91 Å². The lowest BCUT2D eigenvalue weighted by Crippen LogP contribution is -2.46. The van der Waals surface area contributed by atoms with Gasteiger partial charge in [-0.1, -0.05) is 30.3 Å². The van der Waals surface area contributed by atoms with Crippen LogP contribution in [0, 0.1) is 5.92 Å². The minimum Gasteiger partial charge on any atom is -0.352 e. The van der Waals surface area contributed by atoms with Gasteiger partial charge in [-0.15, -0.1) is 12.4 Å². The molecule has 0 aliphatic carbocycles. The maximum absolute atomic E-state index is 11.6. The number of rotatable bonds is 5. The third-order valence-electron chi connectivity index (χ3n) is 4.05. The summed E-state index contributed by atoms with van der Waals surface area (Å²) in [6, 6.07) is 10.3. The molecule has 0 spiro atoms. The molecule has 1 saturated heterocycles. The van der Waals surface area contributed by atoms with Crippen molar-refractivity contribution in [3.05, 3.63) is 35.9 Å². The molecule has 3 atom stereocenters. The summed E-state index contributed by atoms with van der Waals surface area (Å²) >= 11 is 0. The fraction of sp³-hybridized carbons (Fsp3) is 0.562. The zero-order chi connectivity index (χ0) is 14.5. The minimum absolute atomic E-state index is 0. The molecule has 21 heavy (non-hydrogen) atoms. The first-order chi connectivity index (χ1) is 9.56. The van der Waals surface area contributed by atoms with E-state index in [-0.39, 0.29) is 24.4 Å². The molecule has 3 unspecified atom stereocenters. The maximum Gasteiger partial charge on any atom is 0.236 e. The Labute approximate surface area is 133 Å². The molecule has 0 aromatic heterocycles. The topological polar surface area (TPSA) is 58.4 Å². The molecule has 4 nitrogen and oxygen atoms in total. The normalized spacial score (nSPS) is 21.4. The second-order valence-corrected chi connectivity index (χ2v) is 5.86. The number of benzene rings is 1. The van der Waals surface area contributed by atoms with E-state index in [1.54, 1.807) is 6.92 Å². The highest BCUT2D eigenvalue weighted by Crippen LogP contribution is 2.21. The molecule has 3 N–H and O–H groups in total. The van der Waals surface area contributed by atoms with Gasteiger partial charge in [-0.3, -0.25) is 9.69 Å². The molecule has 1 aromatic rings. The molecule has 2 rings (SSSR count). The summed E-state index contributed by atoms with van der Waals surface area (Å²) < 4.78 is 0. The van der Waals surface area contributed by atoms with Gasteiger partial charge in [-0.2, -0.15) is 0 Å². The van der Waals surface area contributed by atoms with Crippen LogP contribution in [0.1, 0.15) is 25.8 Å². The first kappa shape index (κ1) is 18.0. The summed E-state index contributed by atoms with van der Waals surface area (Å²) in [5.41, 5.74) is 6.94. The third kappa shape index (κ3) is 5.30. The van der Waals surface area contributed by atoms with Crippen molar-refractivity contribution in [2.24, 2.45) is 11.7 Å². The Hall–Kier alpha value is -1.10. The highest BCUT2D eigenvalue weighted by molar-refractivity contribution is 5.85. The monoisotopic (exact) mass is 311 g/mol. The van der Waals surface area contributed by atoms with Gasteiger partial charge in [0.25, 0.3) is 0 Å². The van der Waals surface area contributed by atoms with E-state index in [1.807, 2.05) is 6.07 Å². The van der Waals surface area contributed by atoms with E-state index in [1.165, 1.54) is 5.56 Å². The summed E-state index contributed by atoms with van der Waals surface area (Å²) in [6.07, 6.45) is 1.13. The third-order valence-corrected chi connectivity index (χ3v) is 4.05. The molecule has 0 bridgehead atoms. The molecule has 1 aromatic carbocycles. The summed E-state index contributed by atoms with van der Waals surface area (Å²) in [7, 11) is 0. The molecule has 1 aliphatic rings. The Morgan fingerprint density at radius 1 is 1.38 bits per heavy atom. The Balaban J connectivity index is 0.00000220. The molecule has 1 aliphatic heterocycles. The quantitative estimate of drug-likeness (QED) is 0.871. The predicted molar refractivity (Wildman–Crippen MR) is 88.3 cm³/mol. The van der Waals surface area contributed by atoms with E-state index in [4.69, 9.17) is 5.73 Å². The number of nitrogens with two attached hydrogens (primary N) is 1. The molecule has 1 fully saturated rings. The van der Waals surface area contributed by atoms with Crippen LogP contribution in [-0.2, 0) is 11.3 Å². The number of carbonyl (C=O) groups excluding carboxylic acids is 1. The Morgan fingerprint density at radius 3 is 2.67 bits per heavy atom. The van der Waals surface area contributed by atoms with E-state index >= 15 is 0 Å². The second-order valence-electron chi connectivity index (χ2n) is 5.86. The van der Waals surface area contributed by atoms with Crippen molar-refractivity contribution in [1.82, 2.24) is 10.2 Å². The van der Waals surface area contributed by atoms with Crippen molar-refractivity contribution in [2.75, 3.05) is 13.1 Å². The largest absolute Gasteiger partial charge is 0.352 e. The highest BCUT2D eigenvalue weighted by atomic mass is 35.5. The van der Waals surface area contributed by atoms with E-state index in [9.17, 15) is 4.79 Å². The van der Waals surface area contributed by atoms with Crippen LogP contribution in [0.15, 0.2) is 30.3 Å². The van der Waals surface area contributed by atoms with Gasteiger partial charge in [-0.25, -0.2) is 0 Å². The van der Waals surface area contributed by atoms with Crippen LogP contribution in [0.25, 0.3) is 0 Å². The lowest BCUT2D eigenvalue weighted by molar-refractivity contribution is -0.122. The van der Waals surface area contributed by atoms with Crippen LogP contribution < -0.4 is 11.1 Å². The number of amides is 1. The molecule has 118 valence electrons. The van der Waals surface area contributed by atoms with Crippen molar-refractivity contribution in [3.8, 4) is 0 Å². The number of hydrogen-bond acceptors (Lipinski definition) is 3. The number of halogens is 1. The Kier molecular flexibility index (Phi) is 7.15. The van der Waals surface area contributed by atoms with Crippen molar-refractivity contribution >= 4 is 18.3 Å². The first-order valence-corrected chi connectivity index (χ1v) is 7.38. The van der Waals surface area contributed by atoms with Crippen molar-refractivity contribution in [1.29, 1.82) is 0 Å². The summed E-state index contributed by atoms with van der Waals surface area (Å²) in [4.78, 5) is 14.1. The van der Waals surface area contributed by atoms with Crippen molar-refractivity contribution in [3.63, 3.8) is 0 Å². The van der Waals surface area contributed by atoms with E-state index < -0.39 is 6.04 Å². The van der Waals surface area contributed by atoms with Gasteiger partial charge in [0.1, 0.15) is 0 Å². The van der Waals surface area contributed by atoms with Gasteiger partial charge in [0.15, 0.2) is 0 Å². The summed E-state index contributed by atoms with van der Waals surface area (Å²) in [6.45, 7) is 6.92. The fourth-order valence-electron chi connectivity index (χ4n) is 2.73. The Bertz CT molecular complexity index is 438. The smallest absolute Gasteiger partial charge is 0.236 e. The molecule has 5 heteroatoms. The van der Waals surface area contributed by atoms with Gasteiger partial charge in [0.05, 0.1) is 6.04 Å². The van der Waals surface area contributed by atoms with Gasteiger partial charge < -0.3 is 11.1 Å². The molecule has 0 radical (unpaired) electrons. The highest BCUT2D eigenvalue weighted by Gasteiger charge is 2.28. The number of nitrogens with zero attached hydrogens (tertiary/aromatic N) is 1. The summed E-state index contributed by atoms with van der Waals surface area (Å²) in [5, 5.41) is 3.02. The van der Waals surface area contributed by atoms with Crippen LogP contribution in [0.5, 0.6) is 0 Å². The van der Waals surface area contributed by atoms with E-state index in [0.29, 0.717) is 5.92 Å². The number of likely N-dealkylation sites (tertiary alicyclic amines) is 1. The molecule has 1 heterocycles. The molecular formula is C16H26ClN3O. The van der Waals surface area contributed by atoms with Crippen LogP contribution in [-0.4, -0.2) is 36.0 Å². The van der Waals surface area contributed by atoms with E-state index in [0.717, 1.165) is 26.1 Å². The molecule has 0 saturated carbocycles. The van der Waals surface area contributed by atoms with E-state index in [2.05, 4.69) is 41.4 Å². The minimum atomic E-state index is -0.431. The average molecular weight is 312 g/mol.